The van der Waals surface area contributed by atoms with Crippen molar-refractivity contribution < 1.29 is 13.9 Å². The lowest BCUT2D eigenvalue weighted by Crippen LogP contribution is -2.39. The second-order valence-corrected chi connectivity index (χ2v) is 7.31. The van der Waals surface area contributed by atoms with Gasteiger partial charge in [-0.15, -0.1) is 0 Å². The van der Waals surface area contributed by atoms with Crippen LogP contribution >= 0.6 is 0 Å². The normalized spacial score (nSPS) is 17.3. The summed E-state index contributed by atoms with van der Waals surface area (Å²) in [5, 5.41) is 0. The fraction of sp³-hybridized carbons (Fsp3) is 0.364. The van der Waals surface area contributed by atoms with Crippen LogP contribution in [0.25, 0.3) is 11.1 Å². The lowest BCUT2D eigenvalue weighted by atomic mass is 9.99. The van der Waals surface area contributed by atoms with E-state index in [-0.39, 0.29) is 5.91 Å². The number of fused-ring (bicyclic) bond motifs is 1. The highest BCUT2D eigenvalue weighted by Gasteiger charge is 2.22. The molecule has 27 heavy (non-hydrogen) atoms. The molecule has 2 heterocycles. The third-order valence-corrected chi connectivity index (χ3v) is 5.14. The second kappa shape index (κ2) is 7.43. The van der Waals surface area contributed by atoms with Crippen LogP contribution in [-0.2, 0) is 6.42 Å². The highest BCUT2D eigenvalue weighted by Crippen LogP contribution is 2.23. The Hall–Kier alpha value is -2.82. The summed E-state index contributed by atoms with van der Waals surface area (Å²) in [5.74, 6) is 2.11. The lowest BCUT2D eigenvalue weighted by molar-refractivity contribution is 0.0683. The molecule has 1 aromatic heterocycles. The van der Waals surface area contributed by atoms with Gasteiger partial charge in [-0.3, -0.25) is 4.79 Å². The topological polar surface area (TPSA) is 55.6 Å². The number of benzene rings is 2. The van der Waals surface area contributed by atoms with E-state index in [0.717, 1.165) is 36.3 Å². The smallest absolute Gasteiger partial charge is 0.254 e. The van der Waals surface area contributed by atoms with Crippen LogP contribution < -0.4 is 4.74 Å². The molecule has 0 bridgehead atoms. The van der Waals surface area contributed by atoms with Crippen LogP contribution in [0.2, 0.25) is 0 Å². The van der Waals surface area contributed by atoms with Gasteiger partial charge in [0.25, 0.3) is 5.91 Å². The first kappa shape index (κ1) is 17.6. The molecule has 4 rings (SSSR count). The van der Waals surface area contributed by atoms with Crippen LogP contribution in [0.1, 0.15) is 41.6 Å². The Bertz CT molecular complexity index is 946. The molecule has 0 spiro atoms. The zero-order valence-corrected chi connectivity index (χ0v) is 15.8. The van der Waals surface area contributed by atoms with E-state index in [9.17, 15) is 4.79 Å². The molecule has 1 atom stereocenters. The molecule has 5 heteroatoms. The van der Waals surface area contributed by atoms with Gasteiger partial charge < -0.3 is 14.1 Å². The van der Waals surface area contributed by atoms with Crippen molar-refractivity contribution in [1.29, 1.82) is 0 Å². The van der Waals surface area contributed by atoms with Gasteiger partial charge in [-0.2, -0.15) is 0 Å². The van der Waals surface area contributed by atoms with E-state index in [4.69, 9.17) is 9.15 Å². The summed E-state index contributed by atoms with van der Waals surface area (Å²) in [6.45, 7) is 3.86. The molecule has 0 aliphatic carbocycles. The highest BCUT2D eigenvalue weighted by molar-refractivity contribution is 5.97. The van der Waals surface area contributed by atoms with Gasteiger partial charge in [-0.25, -0.2) is 4.98 Å². The number of oxazole rings is 1. The SMILES string of the molecule is COc1ccc(Cc2nc3ccc(C(=O)N4CCC[C@@H](C)C4)cc3o2)cc1. The average molecular weight is 364 g/mol. The summed E-state index contributed by atoms with van der Waals surface area (Å²) in [6.07, 6.45) is 2.87. The van der Waals surface area contributed by atoms with Gasteiger partial charge in [0.2, 0.25) is 0 Å². The molecule has 1 aliphatic rings. The summed E-state index contributed by atoms with van der Waals surface area (Å²) in [5.41, 5.74) is 3.21. The van der Waals surface area contributed by atoms with Gasteiger partial charge in [0.1, 0.15) is 11.3 Å². The number of hydrogen-bond acceptors (Lipinski definition) is 4. The van der Waals surface area contributed by atoms with Crippen molar-refractivity contribution in [1.82, 2.24) is 9.88 Å². The Kier molecular flexibility index (Phi) is 4.84. The second-order valence-electron chi connectivity index (χ2n) is 7.31. The number of methoxy groups -OCH3 is 1. The summed E-state index contributed by atoms with van der Waals surface area (Å²) in [6, 6.07) is 13.4. The molecule has 140 valence electrons. The summed E-state index contributed by atoms with van der Waals surface area (Å²) < 4.78 is 11.1. The van der Waals surface area contributed by atoms with Crippen LogP contribution in [0.5, 0.6) is 5.75 Å². The minimum absolute atomic E-state index is 0.0801. The lowest BCUT2D eigenvalue weighted by Gasteiger charge is -2.30. The molecule has 3 aromatic rings. The Morgan fingerprint density at radius 1 is 1.26 bits per heavy atom. The predicted molar refractivity (Wildman–Crippen MR) is 104 cm³/mol. The van der Waals surface area contributed by atoms with Crippen molar-refractivity contribution in [2.75, 3.05) is 20.2 Å². The summed E-state index contributed by atoms with van der Waals surface area (Å²) >= 11 is 0. The maximum absolute atomic E-state index is 12.8. The molecule has 1 aliphatic heterocycles. The van der Waals surface area contributed by atoms with Crippen molar-refractivity contribution >= 4 is 17.0 Å². The van der Waals surface area contributed by atoms with Gasteiger partial charge in [0.15, 0.2) is 11.5 Å². The zero-order valence-electron chi connectivity index (χ0n) is 15.8. The number of hydrogen-bond donors (Lipinski definition) is 0. The summed E-state index contributed by atoms with van der Waals surface area (Å²) in [7, 11) is 1.65. The first-order chi connectivity index (χ1) is 13.1. The molecule has 0 unspecified atom stereocenters. The number of ether oxygens (including phenoxy) is 1. The molecule has 1 amide bonds. The van der Waals surface area contributed by atoms with Crippen LogP contribution in [0.15, 0.2) is 46.9 Å². The molecule has 2 aromatic carbocycles. The highest BCUT2D eigenvalue weighted by atomic mass is 16.5. The molecule has 1 saturated heterocycles. The molecule has 1 fully saturated rings. The zero-order chi connectivity index (χ0) is 18.8. The van der Waals surface area contributed by atoms with E-state index in [1.807, 2.05) is 47.4 Å². The van der Waals surface area contributed by atoms with Crippen LogP contribution in [0.3, 0.4) is 0 Å². The quantitative estimate of drug-likeness (QED) is 0.693. The van der Waals surface area contributed by atoms with E-state index in [0.29, 0.717) is 29.4 Å². The Morgan fingerprint density at radius 3 is 2.81 bits per heavy atom. The predicted octanol–water partition coefficient (Wildman–Crippen LogP) is 4.30. The fourth-order valence-corrected chi connectivity index (χ4v) is 3.66. The maximum atomic E-state index is 12.8. The number of piperidine rings is 1. The van der Waals surface area contributed by atoms with Crippen LogP contribution in [0.4, 0.5) is 0 Å². The minimum Gasteiger partial charge on any atom is -0.497 e. The standard InChI is InChI=1S/C22H24N2O3/c1-15-4-3-11-24(14-15)22(25)17-7-10-19-20(13-17)27-21(23-19)12-16-5-8-18(26-2)9-6-16/h5-10,13,15H,3-4,11-12,14H2,1-2H3/t15-/m1/s1. The van der Waals surface area contributed by atoms with E-state index >= 15 is 0 Å². The number of carbonyl (C=O) groups is 1. The largest absolute Gasteiger partial charge is 0.497 e. The van der Waals surface area contributed by atoms with Crippen molar-refractivity contribution in [2.24, 2.45) is 5.92 Å². The van der Waals surface area contributed by atoms with Gasteiger partial charge in [-0.05, 0) is 54.7 Å². The number of carbonyl (C=O) groups excluding carboxylic acids is 1. The maximum Gasteiger partial charge on any atom is 0.254 e. The number of aromatic nitrogens is 1. The minimum atomic E-state index is 0.0801. The average Bonchev–Trinajstić information content (AvgIpc) is 3.09. The van der Waals surface area contributed by atoms with Gasteiger partial charge in [0.05, 0.1) is 7.11 Å². The molecule has 0 saturated carbocycles. The number of likely N-dealkylation sites (tertiary alicyclic amines) is 1. The molecular weight excluding hydrogens is 340 g/mol. The van der Waals surface area contributed by atoms with E-state index in [1.165, 1.54) is 6.42 Å². The van der Waals surface area contributed by atoms with Crippen LogP contribution in [-0.4, -0.2) is 36.0 Å². The summed E-state index contributed by atoms with van der Waals surface area (Å²) in [4.78, 5) is 19.3. The Balaban J connectivity index is 1.53. The third-order valence-electron chi connectivity index (χ3n) is 5.14. The van der Waals surface area contributed by atoms with E-state index < -0.39 is 0 Å². The van der Waals surface area contributed by atoms with E-state index in [1.54, 1.807) is 7.11 Å². The monoisotopic (exact) mass is 364 g/mol. The van der Waals surface area contributed by atoms with Crippen molar-refractivity contribution in [3.63, 3.8) is 0 Å². The Labute approximate surface area is 158 Å². The molecular formula is C22H24N2O3. The molecule has 0 radical (unpaired) electrons. The van der Waals surface area contributed by atoms with Gasteiger partial charge in [0, 0.05) is 25.1 Å². The van der Waals surface area contributed by atoms with Crippen molar-refractivity contribution in [3.8, 4) is 5.75 Å². The van der Waals surface area contributed by atoms with Crippen molar-refractivity contribution in [2.45, 2.75) is 26.2 Å². The van der Waals surface area contributed by atoms with Gasteiger partial charge in [-0.1, -0.05) is 19.1 Å². The van der Waals surface area contributed by atoms with Crippen molar-refractivity contribution in [3.05, 3.63) is 59.5 Å². The van der Waals surface area contributed by atoms with Crippen LogP contribution in [0, 0.1) is 5.92 Å². The fourth-order valence-electron chi connectivity index (χ4n) is 3.66. The van der Waals surface area contributed by atoms with Gasteiger partial charge >= 0.3 is 0 Å². The Morgan fingerprint density at radius 2 is 2.07 bits per heavy atom. The number of nitrogens with zero attached hydrogens (tertiary/aromatic N) is 2. The van der Waals surface area contributed by atoms with E-state index in [2.05, 4.69) is 11.9 Å². The first-order valence-corrected chi connectivity index (χ1v) is 9.44. The first-order valence-electron chi connectivity index (χ1n) is 9.44. The molecule has 0 N–H and O–H groups in total. The molecule has 5 nitrogen and oxygen atoms in total. The number of amides is 1. The third kappa shape index (κ3) is 3.82. The number of rotatable bonds is 4.